The summed E-state index contributed by atoms with van der Waals surface area (Å²) in [6.07, 6.45) is 5.79. The summed E-state index contributed by atoms with van der Waals surface area (Å²) in [5.74, 6) is 0. The second-order valence-corrected chi connectivity index (χ2v) is 6.21. The van der Waals surface area contributed by atoms with Crippen LogP contribution in [-0.2, 0) is 0 Å². The first-order valence-electron chi connectivity index (χ1n) is 7.37. The van der Waals surface area contributed by atoms with Crippen LogP contribution >= 0.6 is 11.8 Å². The molecule has 19 heavy (non-hydrogen) atoms. The third kappa shape index (κ3) is 3.26. The maximum absolute atomic E-state index is 3.78. The molecule has 2 rings (SSSR count). The Morgan fingerprint density at radius 3 is 2.68 bits per heavy atom. The first kappa shape index (κ1) is 14.7. The molecule has 1 saturated heterocycles. The molecule has 1 aromatic rings. The summed E-state index contributed by atoms with van der Waals surface area (Å²) in [7, 11) is 0. The molecule has 0 saturated carbocycles. The highest BCUT2D eigenvalue weighted by molar-refractivity contribution is 7.98. The molecule has 0 unspecified atom stereocenters. The van der Waals surface area contributed by atoms with Crippen LogP contribution in [0.2, 0.25) is 0 Å². The SMILES string of the molecule is CCC1(CC)CN(c2ccccc2SC)CCCN1. The van der Waals surface area contributed by atoms with Crippen molar-refractivity contribution in [2.75, 3.05) is 30.8 Å². The van der Waals surface area contributed by atoms with E-state index in [2.05, 4.69) is 54.6 Å². The lowest BCUT2D eigenvalue weighted by molar-refractivity contribution is 0.321. The van der Waals surface area contributed by atoms with Gasteiger partial charge in [0.2, 0.25) is 0 Å². The maximum atomic E-state index is 3.78. The van der Waals surface area contributed by atoms with E-state index in [1.54, 1.807) is 0 Å². The van der Waals surface area contributed by atoms with E-state index in [1.807, 2.05) is 11.8 Å². The molecule has 0 aliphatic carbocycles. The molecule has 2 nitrogen and oxygen atoms in total. The fraction of sp³-hybridized carbons (Fsp3) is 0.625. The molecule has 0 atom stereocenters. The van der Waals surface area contributed by atoms with E-state index in [4.69, 9.17) is 0 Å². The minimum Gasteiger partial charge on any atom is -0.369 e. The lowest BCUT2D eigenvalue weighted by atomic mass is 9.92. The van der Waals surface area contributed by atoms with Crippen molar-refractivity contribution >= 4 is 17.4 Å². The summed E-state index contributed by atoms with van der Waals surface area (Å²) in [5.41, 5.74) is 1.69. The van der Waals surface area contributed by atoms with Gasteiger partial charge in [0.15, 0.2) is 0 Å². The van der Waals surface area contributed by atoms with Crippen LogP contribution in [0.1, 0.15) is 33.1 Å². The van der Waals surface area contributed by atoms with E-state index in [9.17, 15) is 0 Å². The van der Waals surface area contributed by atoms with Crippen LogP contribution in [0.5, 0.6) is 0 Å². The first-order chi connectivity index (χ1) is 9.24. The van der Waals surface area contributed by atoms with Crippen molar-refractivity contribution in [2.24, 2.45) is 0 Å². The molecule has 1 N–H and O–H groups in total. The van der Waals surface area contributed by atoms with Crippen LogP contribution in [0.25, 0.3) is 0 Å². The van der Waals surface area contributed by atoms with E-state index in [0.717, 1.165) is 19.6 Å². The predicted molar refractivity (Wildman–Crippen MR) is 86.4 cm³/mol. The first-order valence-corrected chi connectivity index (χ1v) is 8.60. The highest BCUT2D eigenvalue weighted by Crippen LogP contribution is 2.31. The fourth-order valence-electron chi connectivity index (χ4n) is 2.94. The summed E-state index contributed by atoms with van der Waals surface area (Å²) in [5, 5.41) is 3.78. The van der Waals surface area contributed by atoms with Crippen molar-refractivity contribution in [3.63, 3.8) is 0 Å². The number of nitrogens with one attached hydrogen (secondary N) is 1. The lowest BCUT2D eigenvalue weighted by Gasteiger charge is -2.37. The molecule has 1 heterocycles. The zero-order valence-corrected chi connectivity index (χ0v) is 13.2. The number of hydrogen-bond acceptors (Lipinski definition) is 3. The minimum atomic E-state index is 0.280. The van der Waals surface area contributed by atoms with Crippen LogP contribution in [0, 0.1) is 0 Å². The number of benzene rings is 1. The van der Waals surface area contributed by atoms with Gasteiger partial charge < -0.3 is 10.2 Å². The van der Waals surface area contributed by atoms with Gasteiger partial charge in [-0.2, -0.15) is 0 Å². The normalized spacial score (nSPS) is 19.2. The van der Waals surface area contributed by atoms with E-state index < -0.39 is 0 Å². The molecule has 0 aromatic heterocycles. The van der Waals surface area contributed by atoms with Gasteiger partial charge in [-0.05, 0) is 44.2 Å². The summed E-state index contributed by atoms with van der Waals surface area (Å²) in [6.45, 7) is 8.03. The fourth-order valence-corrected chi connectivity index (χ4v) is 3.56. The van der Waals surface area contributed by atoms with Crippen LogP contribution in [0.3, 0.4) is 0 Å². The van der Waals surface area contributed by atoms with Crippen molar-refractivity contribution in [2.45, 2.75) is 43.5 Å². The van der Waals surface area contributed by atoms with E-state index in [0.29, 0.717) is 0 Å². The number of para-hydroxylation sites is 1. The molecule has 1 aliphatic heterocycles. The predicted octanol–water partition coefficient (Wildman–Crippen LogP) is 3.77. The number of nitrogens with zero attached hydrogens (tertiary/aromatic N) is 1. The summed E-state index contributed by atoms with van der Waals surface area (Å²) in [6, 6.07) is 8.80. The van der Waals surface area contributed by atoms with Crippen LogP contribution in [0.15, 0.2) is 29.2 Å². The number of thioether (sulfide) groups is 1. The van der Waals surface area contributed by atoms with Crippen molar-refractivity contribution in [1.82, 2.24) is 5.32 Å². The zero-order chi connectivity index (χ0) is 13.7. The van der Waals surface area contributed by atoms with Crippen molar-refractivity contribution in [3.8, 4) is 0 Å². The van der Waals surface area contributed by atoms with E-state index in [-0.39, 0.29) is 5.54 Å². The number of rotatable bonds is 4. The zero-order valence-electron chi connectivity index (χ0n) is 12.4. The Bertz CT molecular complexity index is 401. The van der Waals surface area contributed by atoms with Gasteiger partial charge in [-0.3, -0.25) is 0 Å². The van der Waals surface area contributed by atoms with Gasteiger partial charge in [-0.15, -0.1) is 11.8 Å². The maximum Gasteiger partial charge on any atom is 0.0504 e. The Balaban J connectivity index is 2.27. The average molecular weight is 278 g/mol. The molecule has 3 heteroatoms. The van der Waals surface area contributed by atoms with Crippen molar-refractivity contribution in [1.29, 1.82) is 0 Å². The Morgan fingerprint density at radius 1 is 1.26 bits per heavy atom. The van der Waals surface area contributed by atoms with E-state index >= 15 is 0 Å². The molecule has 0 radical (unpaired) electrons. The topological polar surface area (TPSA) is 15.3 Å². The molecular formula is C16H26N2S. The Kier molecular flexibility index (Phi) is 5.17. The molecule has 1 aliphatic rings. The van der Waals surface area contributed by atoms with Gasteiger partial charge >= 0.3 is 0 Å². The van der Waals surface area contributed by atoms with Crippen LogP contribution < -0.4 is 10.2 Å². The van der Waals surface area contributed by atoms with Crippen LogP contribution in [0.4, 0.5) is 5.69 Å². The summed E-state index contributed by atoms with van der Waals surface area (Å²) >= 11 is 1.85. The third-order valence-corrected chi connectivity index (χ3v) is 5.16. The molecule has 0 spiro atoms. The summed E-state index contributed by atoms with van der Waals surface area (Å²) < 4.78 is 0. The minimum absolute atomic E-state index is 0.280. The summed E-state index contributed by atoms with van der Waals surface area (Å²) in [4.78, 5) is 3.98. The van der Waals surface area contributed by atoms with Gasteiger partial charge in [-0.25, -0.2) is 0 Å². The number of anilines is 1. The molecule has 1 fully saturated rings. The van der Waals surface area contributed by atoms with Crippen molar-refractivity contribution in [3.05, 3.63) is 24.3 Å². The second-order valence-electron chi connectivity index (χ2n) is 5.36. The molecule has 0 amide bonds. The molecule has 0 bridgehead atoms. The molecule has 106 valence electrons. The highest BCUT2D eigenvalue weighted by atomic mass is 32.2. The van der Waals surface area contributed by atoms with Gasteiger partial charge in [0, 0.05) is 23.5 Å². The van der Waals surface area contributed by atoms with Crippen LogP contribution in [-0.4, -0.2) is 31.4 Å². The lowest BCUT2D eigenvalue weighted by Crippen LogP contribution is -2.50. The molecule has 1 aromatic carbocycles. The monoisotopic (exact) mass is 278 g/mol. The standard InChI is InChI=1S/C16H26N2S/c1-4-16(5-2)13-18(12-8-11-17-16)14-9-6-7-10-15(14)19-3/h6-7,9-10,17H,4-5,8,11-13H2,1-3H3. The quantitative estimate of drug-likeness (QED) is 0.844. The van der Waals surface area contributed by atoms with Gasteiger partial charge in [-0.1, -0.05) is 26.0 Å². The van der Waals surface area contributed by atoms with Crippen molar-refractivity contribution < 1.29 is 0 Å². The third-order valence-electron chi connectivity index (χ3n) is 4.38. The second kappa shape index (κ2) is 6.67. The van der Waals surface area contributed by atoms with Gasteiger partial charge in [0.25, 0.3) is 0 Å². The van der Waals surface area contributed by atoms with Gasteiger partial charge in [0.1, 0.15) is 0 Å². The molecular weight excluding hydrogens is 252 g/mol. The average Bonchev–Trinajstić information content (AvgIpc) is 2.70. The Morgan fingerprint density at radius 2 is 2.00 bits per heavy atom. The largest absolute Gasteiger partial charge is 0.369 e. The highest BCUT2D eigenvalue weighted by Gasteiger charge is 2.30. The number of hydrogen-bond donors (Lipinski definition) is 1. The van der Waals surface area contributed by atoms with Gasteiger partial charge in [0.05, 0.1) is 5.69 Å². The van der Waals surface area contributed by atoms with E-state index in [1.165, 1.54) is 29.8 Å². The Hall–Kier alpha value is -0.670. The Labute approximate surface area is 122 Å². The smallest absolute Gasteiger partial charge is 0.0504 e.